The molecule has 0 aliphatic carbocycles. The molecule has 17 heavy (non-hydrogen) atoms. The molecule has 5 nitrogen and oxygen atoms in total. The fraction of sp³-hybridized carbons (Fsp3) is 0.636. The van der Waals surface area contributed by atoms with Crippen LogP contribution in [0.3, 0.4) is 0 Å². The van der Waals surface area contributed by atoms with E-state index in [1.807, 2.05) is 18.7 Å². The molecule has 0 saturated carbocycles. The van der Waals surface area contributed by atoms with Gasteiger partial charge in [-0.3, -0.25) is 0 Å². The summed E-state index contributed by atoms with van der Waals surface area (Å²) in [5.74, 6) is 0. The lowest BCUT2D eigenvalue weighted by Crippen LogP contribution is -2.39. The summed E-state index contributed by atoms with van der Waals surface area (Å²) in [6.07, 6.45) is 3.80. The maximum absolute atomic E-state index is 5.43. The quantitative estimate of drug-likeness (QED) is 0.787. The predicted octanol–water partition coefficient (Wildman–Crippen LogP) is 1.86. The SMILES string of the molecule is Cc1nn(C)c2c1[nH]c(=S)n2N1CCCCC1. The van der Waals surface area contributed by atoms with Crippen LogP contribution in [0.5, 0.6) is 0 Å². The first-order chi connectivity index (χ1) is 8.18. The Kier molecular flexibility index (Phi) is 2.47. The molecule has 92 valence electrons. The van der Waals surface area contributed by atoms with Crippen molar-refractivity contribution < 1.29 is 0 Å². The molecular formula is C11H17N5S. The smallest absolute Gasteiger partial charge is 0.198 e. The van der Waals surface area contributed by atoms with Gasteiger partial charge in [-0.2, -0.15) is 5.10 Å². The minimum absolute atomic E-state index is 0.776. The number of imidazole rings is 1. The number of hydrogen-bond donors (Lipinski definition) is 1. The Balaban J connectivity index is 2.20. The third-order valence-electron chi connectivity index (χ3n) is 3.43. The van der Waals surface area contributed by atoms with Crippen LogP contribution in [0, 0.1) is 11.7 Å². The first-order valence-corrected chi connectivity index (χ1v) is 6.49. The van der Waals surface area contributed by atoms with Crippen molar-refractivity contribution in [1.29, 1.82) is 0 Å². The summed E-state index contributed by atoms with van der Waals surface area (Å²) in [5, 5.41) is 6.76. The standard InChI is InChI=1S/C11H17N5S/c1-8-9-10(14(2)13-8)16(11(17)12-9)15-6-4-3-5-7-15/h3-7H2,1-2H3,(H,12,17). The number of H-pyrrole nitrogens is 1. The van der Waals surface area contributed by atoms with Crippen molar-refractivity contribution in [2.24, 2.45) is 7.05 Å². The van der Waals surface area contributed by atoms with Crippen molar-refractivity contribution in [1.82, 2.24) is 19.4 Å². The lowest BCUT2D eigenvalue weighted by molar-refractivity contribution is 0.477. The van der Waals surface area contributed by atoms with Crippen molar-refractivity contribution in [2.75, 3.05) is 18.1 Å². The van der Waals surface area contributed by atoms with Crippen LogP contribution in [-0.4, -0.2) is 32.5 Å². The second kappa shape index (κ2) is 3.87. The van der Waals surface area contributed by atoms with Crippen LogP contribution in [0.4, 0.5) is 0 Å². The number of aromatic nitrogens is 4. The fourth-order valence-corrected chi connectivity index (χ4v) is 2.93. The molecule has 0 bridgehead atoms. The molecule has 0 radical (unpaired) electrons. The van der Waals surface area contributed by atoms with Gasteiger partial charge in [0.1, 0.15) is 5.52 Å². The van der Waals surface area contributed by atoms with E-state index in [0.29, 0.717) is 0 Å². The summed E-state index contributed by atoms with van der Waals surface area (Å²) in [5.41, 5.74) is 3.14. The minimum atomic E-state index is 0.776. The van der Waals surface area contributed by atoms with Crippen LogP contribution < -0.4 is 5.01 Å². The van der Waals surface area contributed by atoms with E-state index in [-0.39, 0.29) is 0 Å². The van der Waals surface area contributed by atoms with Gasteiger partial charge in [0.2, 0.25) is 0 Å². The van der Waals surface area contributed by atoms with E-state index in [9.17, 15) is 0 Å². The predicted molar refractivity (Wildman–Crippen MR) is 70.4 cm³/mol. The van der Waals surface area contributed by atoms with E-state index in [1.165, 1.54) is 19.3 Å². The van der Waals surface area contributed by atoms with Gasteiger partial charge < -0.3 is 9.99 Å². The monoisotopic (exact) mass is 251 g/mol. The molecule has 3 heterocycles. The molecule has 0 aromatic carbocycles. The Labute approximate surface area is 105 Å². The topological polar surface area (TPSA) is 41.8 Å². The molecule has 0 unspecified atom stereocenters. The van der Waals surface area contributed by atoms with E-state index < -0.39 is 0 Å². The van der Waals surface area contributed by atoms with Crippen LogP contribution in [0.15, 0.2) is 0 Å². The van der Waals surface area contributed by atoms with Gasteiger partial charge in [-0.25, -0.2) is 9.36 Å². The molecule has 1 aliphatic heterocycles. The highest BCUT2D eigenvalue weighted by Crippen LogP contribution is 2.19. The van der Waals surface area contributed by atoms with Crippen LogP contribution in [0.25, 0.3) is 11.2 Å². The molecule has 1 aliphatic rings. The zero-order valence-corrected chi connectivity index (χ0v) is 11.0. The van der Waals surface area contributed by atoms with Gasteiger partial charge in [0.05, 0.1) is 5.69 Å². The number of rotatable bonds is 1. The molecular weight excluding hydrogens is 234 g/mol. The molecule has 0 spiro atoms. The zero-order valence-electron chi connectivity index (χ0n) is 10.2. The van der Waals surface area contributed by atoms with Gasteiger partial charge >= 0.3 is 0 Å². The third-order valence-corrected chi connectivity index (χ3v) is 3.71. The Hall–Kier alpha value is -1.30. The van der Waals surface area contributed by atoms with Crippen LogP contribution >= 0.6 is 12.2 Å². The van der Waals surface area contributed by atoms with E-state index in [1.54, 1.807) is 0 Å². The highest BCUT2D eigenvalue weighted by molar-refractivity contribution is 7.71. The van der Waals surface area contributed by atoms with E-state index in [0.717, 1.165) is 34.7 Å². The summed E-state index contributed by atoms with van der Waals surface area (Å²) in [4.78, 5) is 3.27. The number of nitrogens with zero attached hydrogens (tertiary/aromatic N) is 4. The molecule has 1 fully saturated rings. The van der Waals surface area contributed by atoms with Crippen molar-refractivity contribution >= 4 is 23.4 Å². The summed E-state index contributed by atoms with van der Waals surface area (Å²) >= 11 is 5.43. The van der Waals surface area contributed by atoms with Gasteiger partial charge in [0.15, 0.2) is 10.4 Å². The number of aromatic amines is 1. The van der Waals surface area contributed by atoms with Gasteiger partial charge in [0, 0.05) is 20.1 Å². The maximum atomic E-state index is 5.43. The maximum Gasteiger partial charge on any atom is 0.198 e. The molecule has 1 saturated heterocycles. The van der Waals surface area contributed by atoms with E-state index in [2.05, 4.69) is 19.8 Å². The molecule has 2 aromatic rings. The second-order valence-electron chi connectivity index (χ2n) is 4.66. The van der Waals surface area contributed by atoms with Crippen LogP contribution in [0.2, 0.25) is 0 Å². The normalized spacial score (nSPS) is 16.9. The molecule has 3 rings (SSSR count). The molecule has 1 N–H and O–H groups in total. The Morgan fingerprint density at radius 1 is 1.24 bits per heavy atom. The first kappa shape index (κ1) is 10.8. The second-order valence-corrected chi connectivity index (χ2v) is 5.05. The third kappa shape index (κ3) is 1.58. The highest BCUT2D eigenvalue weighted by atomic mass is 32.1. The van der Waals surface area contributed by atoms with Gasteiger partial charge in [-0.1, -0.05) is 0 Å². The Bertz CT molecular complexity index is 599. The van der Waals surface area contributed by atoms with Gasteiger partial charge in [-0.15, -0.1) is 0 Å². The Morgan fingerprint density at radius 3 is 2.65 bits per heavy atom. The Morgan fingerprint density at radius 2 is 1.94 bits per heavy atom. The number of aryl methyl sites for hydroxylation is 2. The van der Waals surface area contributed by atoms with Gasteiger partial charge in [0.25, 0.3) is 0 Å². The molecule has 0 amide bonds. The lowest BCUT2D eigenvalue weighted by atomic mass is 10.2. The lowest BCUT2D eigenvalue weighted by Gasteiger charge is -2.29. The van der Waals surface area contributed by atoms with Crippen LogP contribution in [-0.2, 0) is 7.05 Å². The number of hydrogen-bond acceptors (Lipinski definition) is 3. The number of fused-ring (bicyclic) bond motifs is 1. The van der Waals surface area contributed by atoms with Crippen LogP contribution in [0.1, 0.15) is 25.0 Å². The molecule has 6 heteroatoms. The van der Waals surface area contributed by atoms with E-state index in [4.69, 9.17) is 12.2 Å². The summed E-state index contributed by atoms with van der Waals surface area (Å²) < 4.78 is 4.80. The number of nitrogens with one attached hydrogen (secondary N) is 1. The van der Waals surface area contributed by atoms with E-state index >= 15 is 0 Å². The summed E-state index contributed by atoms with van der Waals surface area (Å²) in [7, 11) is 1.97. The zero-order chi connectivity index (χ0) is 12.0. The van der Waals surface area contributed by atoms with Gasteiger partial charge in [-0.05, 0) is 38.4 Å². The summed E-state index contributed by atoms with van der Waals surface area (Å²) in [6, 6.07) is 0. The fourth-order valence-electron chi connectivity index (χ4n) is 2.63. The first-order valence-electron chi connectivity index (χ1n) is 6.08. The highest BCUT2D eigenvalue weighted by Gasteiger charge is 2.18. The summed E-state index contributed by atoms with van der Waals surface area (Å²) in [6.45, 7) is 4.16. The average molecular weight is 251 g/mol. The molecule has 0 atom stereocenters. The average Bonchev–Trinajstić information content (AvgIpc) is 2.79. The van der Waals surface area contributed by atoms with Crippen molar-refractivity contribution in [3.63, 3.8) is 0 Å². The largest absolute Gasteiger partial charge is 0.326 e. The van der Waals surface area contributed by atoms with Crippen molar-refractivity contribution in [2.45, 2.75) is 26.2 Å². The number of piperidine rings is 1. The van der Waals surface area contributed by atoms with Crippen molar-refractivity contribution in [3.05, 3.63) is 10.5 Å². The molecule has 2 aromatic heterocycles. The van der Waals surface area contributed by atoms with Crippen molar-refractivity contribution in [3.8, 4) is 0 Å². The minimum Gasteiger partial charge on any atom is -0.326 e.